The first kappa shape index (κ1) is 11.6. The number of likely N-dealkylation sites (tertiary alicyclic amines) is 1. The minimum Gasteiger partial charge on any atom is -0.331 e. The summed E-state index contributed by atoms with van der Waals surface area (Å²) >= 11 is 0. The van der Waals surface area contributed by atoms with Crippen molar-refractivity contribution in [3.63, 3.8) is 0 Å². The fraction of sp³-hybridized carbons (Fsp3) is 0.750. The number of hydrogen-bond acceptors (Lipinski definition) is 3. The average molecular weight is 222 g/mol. The van der Waals surface area contributed by atoms with Crippen LogP contribution in [-0.4, -0.2) is 34.1 Å². The van der Waals surface area contributed by atoms with Crippen LogP contribution in [-0.2, 0) is 6.54 Å². The van der Waals surface area contributed by atoms with Gasteiger partial charge in [0.05, 0.1) is 12.0 Å². The molecule has 0 bridgehead atoms. The zero-order valence-electron chi connectivity index (χ0n) is 10.3. The van der Waals surface area contributed by atoms with E-state index in [1.165, 1.54) is 18.7 Å². The highest BCUT2D eigenvalue weighted by Crippen LogP contribution is 2.18. The van der Waals surface area contributed by atoms with Crippen molar-refractivity contribution in [3.05, 3.63) is 18.2 Å². The maximum Gasteiger partial charge on any atom is 0.0951 e. The third kappa shape index (κ3) is 2.44. The van der Waals surface area contributed by atoms with Crippen molar-refractivity contribution in [2.75, 3.05) is 19.6 Å². The molecule has 1 fully saturated rings. The molecule has 0 aromatic carbocycles. The molecule has 1 aromatic rings. The number of rotatable bonds is 4. The molecule has 0 saturated carbocycles. The molecule has 1 aliphatic rings. The molecule has 0 amide bonds. The zero-order valence-corrected chi connectivity index (χ0v) is 10.3. The van der Waals surface area contributed by atoms with Gasteiger partial charge in [0, 0.05) is 25.3 Å². The summed E-state index contributed by atoms with van der Waals surface area (Å²) in [6.07, 6.45) is 5.15. The lowest BCUT2D eigenvalue weighted by atomic mass is 10.1. The minimum atomic E-state index is 0.491. The molecule has 0 aliphatic carbocycles. The summed E-state index contributed by atoms with van der Waals surface area (Å²) in [6, 6.07) is 0.491. The van der Waals surface area contributed by atoms with Gasteiger partial charge >= 0.3 is 0 Å². The van der Waals surface area contributed by atoms with E-state index in [-0.39, 0.29) is 0 Å². The van der Waals surface area contributed by atoms with Gasteiger partial charge in [-0.3, -0.25) is 4.90 Å². The highest BCUT2D eigenvalue weighted by molar-refractivity contribution is 5.00. The zero-order chi connectivity index (χ0) is 11.5. The van der Waals surface area contributed by atoms with Gasteiger partial charge in [-0.2, -0.15) is 0 Å². The van der Waals surface area contributed by atoms with E-state index in [1.807, 2.05) is 12.5 Å². The summed E-state index contributed by atoms with van der Waals surface area (Å²) in [7, 11) is 0. The Kier molecular flexibility index (Phi) is 3.61. The van der Waals surface area contributed by atoms with Gasteiger partial charge < -0.3 is 10.3 Å². The van der Waals surface area contributed by atoms with Crippen LogP contribution in [0.1, 0.15) is 32.0 Å². The van der Waals surface area contributed by atoms with E-state index in [1.54, 1.807) is 0 Å². The van der Waals surface area contributed by atoms with Crippen LogP contribution < -0.4 is 5.73 Å². The van der Waals surface area contributed by atoms with E-state index in [4.69, 9.17) is 5.73 Å². The van der Waals surface area contributed by atoms with Crippen LogP contribution in [0.5, 0.6) is 0 Å². The minimum absolute atomic E-state index is 0.491. The van der Waals surface area contributed by atoms with Gasteiger partial charge in [0.25, 0.3) is 0 Å². The Morgan fingerprint density at radius 2 is 2.38 bits per heavy atom. The molecule has 1 unspecified atom stereocenters. The van der Waals surface area contributed by atoms with E-state index in [0.29, 0.717) is 12.0 Å². The quantitative estimate of drug-likeness (QED) is 0.834. The second-order valence-electron chi connectivity index (χ2n) is 5.01. The standard InChI is InChI=1S/C12H22N4/c1-10(2)16-9-14-6-12(16)8-15-4-3-11(5-13)7-15/h6,9-11H,3-5,7-8,13H2,1-2H3. The third-order valence-corrected chi connectivity index (χ3v) is 3.39. The predicted molar refractivity (Wildman–Crippen MR) is 65.1 cm³/mol. The lowest BCUT2D eigenvalue weighted by Gasteiger charge is -2.18. The molecular formula is C12H22N4. The molecule has 1 aliphatic heterocycles. The third-order valence-electron chi connectivity index (χ3n) is 3.39. The molecule has 90 valence electrons. The Bertz CT molecular complexity index is 332. The smallest absolute Gasteiger partial charge is 0.0951 e. The van der Waals surface area contributed by atoms with E-state index in [2.05, 4.69) is 28.3 Å². The lowest BCUT2D eigenvalue weighted by Crippen LogP contribution is -2.24. The molecule has 4 heteroatoms. The van der Waals surface area contributed by atoms with Gasteiger partial charge in [-0.05, 0) is 39.3 Å². The first-order valence-corrected chi connectivity index (χ1v) is 6.14. The molecule has 0 radical (unpaired) electrons. The Morgan fingerprint density at radius 3 is 3.00 bits per heavy atom. The SMILES string of the molecule is CC(C)n1cncc1CN1CCC(CN)C1. The Hall–Kier alpha value is -0.870. The van der Waals surface area contributed by atoms with Crippen molar-refractivity contribution >= 4 is 0 Å². The first-order chi connectivity index (χ1) is 7.70. The molecule has 2 rings (SSSR count). The Morgan fingerprint density at radius 1 is 1.56 bits per heavy atom. The maximum absolute atomic E-state index is 5.70. The van der Waals surface area contributed by atoms with E-state index in [9.17, 15) is 0 Å². The topological polar surface area (TPSA) is 47.1 Å². The van der Waals surface area contributed by atoms with Gasteiger partial charge in [-0.25, -0.2) is 4.98 Å². The first-order valence-electron chi connectivity index (χ1n) is 6.14. The summed E-state index contributed by atoms with van der Waals surface area (Å²) < 4.78 is 2.25. The van der Waals surface area contributed by atoms with Crippen molar-refractivity contribution in [1.82, 2.24) is 14.5 Å². The lowest BCUT2D eigenvalue weighted by molar-refractivity contribution is 0.306. The van der Waals surface area contributed by atoms with Crippen molar-refractivity contribution in [3.8, 4) is 0 Å². The Balaban J connectivity index is 1.96. The van der Waals surface area contributed by atoms with Crippen molar-refractivity contribution < 1.29 is 0 Å². The van der Waals surface area contributed by atoms with E-state index < -0.39 is 0 Å². The molecule has 2 heterocycles. The van der Waals surface area contributed by atoms with Crippen LogP contribution in [0.4, 0.5) is 0 Å². The summed E-state index contributed by atoms with van der Waals surface area (Å²) in [6.45, 7) is 8.52. The molecule has 2 N–H and O–H groups in total. The fourth-order valence-corrected chi connectivity index (χ4v) is 2.40. The fourth-order valence-electron chi connectivity index (χ4n) is 2.40. The maximum atomic E-state index is 5.70. The highest BCUT2D eigenvalue weighted by Gasteiger charge is 2.22. The summed E-state index contributed by atoms with van der Waals surface area (Å²) in [5.74, 6) is 0.690. The van der Waals surface area contributed by atoms with Crippen LogP contribution in [0.15, 0.2) is 12.5 Å². The summed E-state index contributed by atoms with van der Waals surface area (Å²) in [5.41, 5.74) is 7.02. The largest absolute Gasteiger partial charge is 0.331 e. The van der Waals surface area contributed by atoms with Crippen LogP contribution in [0, 0.1) is 5.92 Å². The second-order valence-corrected chi connectivity index (χ2v) is 5.01. The molecular weight excluding hydrogens is 200 g/mol. The molecule has 0 spiro atoms. The molecule has 1 atom stereocenters. The van der Waals surface area contributed by atoms with Gasteiger partial charge in [0.15, 0.2) is 0 Å². The van der Waals surface area contributed by atoms with Crippen LogP contribution in [0.25, 0.3) is 0 Å². The number of aromatic nitrogens is 2. The van der Waals surface area contributed by atoms with Gasteiger partial charge in [-0.1, -0.05) is 0 Å². The van der Waals surface area contributed by atoms with Crippen LogP contribution in [0.2, 0.25) is 0 Å². The summed E-state index contributed by atoms with van der Waals surface area (Å²) in [5, 5.41) is 0. The number of nitrogens with two attached hydrogens (primary N) is 1. The number of hydrogen-bond donors (Lipinski definition) is 1. The molecule has 4 nitrogen and oxygen atoms in total. The summed E-state index contributed by atoms with van der Waals surface area (Å²) in [4.78, 5) is 6.72. The van der Waals surface area contributed by atoms with E-state index >= 15 is 0 Å². The predicted octanol–water partition coefficient (Wildman–Crippen LogP) is 1.24. The van der Waals surface area contributed by atoms with Crippen molar-refractivity contribution in [1.29, 1.82) is 0 Å². The van der Waals surface area contributed by atoms with Crippen molar-refractivity contribution in [2.45, 2.75) is 32.9 Å². The highest BCUT2D eigenvalue weighted by atomic mass is 15.2. The van der Waals surface area contributed by atoms with Gasteiger partial charge in [0.2, 0.25) is 0 Å². The van der Waals surface area contributed by atoms with Crippen LogP contribution >= 0.6 is 0 Å². The normalized spacial score (nSPS) is 22.1. The van der Waals surface area contributed by atoms with Gasteiger partial charge in [-0.15, -0.1) is 0 Å². The molecule has 1 aromatic heterocycles. The second kappa shape index (κ2) is 4.97. The Labute approximate surface area is 97.4 Å². The molecule has 1 saturated heterocycles. The van der Waals surface area contributed by atoms with Gasteiger partial charge in [0.1, 0.15) is 0 Å². The monoisotopic (exact) mass is 222 g/mol. The number of imidazole rings is 1. The number of nitrogens with zero attached hydrogens (tertiary/aromatic N) is 3. The molecule has 16 heavy (non-hydrogen) atoms. The average Bonchev–Trinajstić information content (AvgIpc) is 2.87. The van der Waals surface area contributed by atoms with Crippen molar-refractivity contribution in [2.24, 2.45) is 11.7 Å². The van der Waals surface area contributed by atoms with Crippen LogP contribution in [0.3, 0.4) is 0 Å². The van der Waals surface area contributed by atoms with E-state index in [0.717, 1.165) is 19.6 Å².